The van der Waals surface area contributed by atoms with Crippen molar-refractivity contribution in [3.05, 3.63) is 15.7 Å². The average Bonchev–Trinajstić information content (AvgIpc) is 2.74. The van der Waals surface area contributed by atoms with E-state index in [1.165, 1.54) is 11.3 Å². The fourth-order valence-electron chi connectivity index (χ4n) is 1.99. The first-order chi connectivity index (χ1) is 10.8. The van der Waals surface area contributed by atoms with Gasteiger partial charge in [-0.05, 0) is 37.9 Å². The molecule has 0 aliphatic heterocycles. The van der Waals surface area contributed by atoms with E-state index in [1.807, 2.05) is 0 Å². The normalized spacial score (nSPS) is 11.0. The van der Waals surface area contributed by atoms with Gasteiger partial charge in [-0.1, -0.05) is 0 Å². The molecule has 0 spiro atoms. The zero-order chi connectivity index (χ0) is 17.1. The minimum atomic E-state index is -0.919. The van der Waals surface area contributed by atoms with E-state index in [2.05, 4.69) is 15.3 Å². The minimum absolute atomic E-state index is 0.0281. The second-order valence-electron chi connectivity index (χ2n) is 5.10. The number of carboxylic acid groups (broad SMARTS) is 1. The summed E-state index contributed by atoms with van der Waals surface area (Å²) in [6.07, 6.45) is -0.288. The van der Waals surface area contributed by atoms with Crippen LogP contribution in [0.25, 0.3) is 10.2 Å². The Hall–Kier alpha value is -1.93. The topological polar surface area (TPSA) is 101 Å². The molecule has 2 heterocycles. The maximum absolute atomic E-state index is 12.2. The van der Waals surface area contributed by atoms with Gasteiger partial charge in [0.05, 0.1) is 17.9 Å². The van der Waals surface area contributed by atoms with Crippen LogP contribution in [0.5, 0.6) is 0 Å². The lowest BCUT2D eigenvalue weighted by Gasteiger charge is -2.08. The van der Waals surface area contributed by atoms with Gasteiger partial charge < -0.3 is 15.2 Å². The van der Waals surface area contributed by atoms with Gasteiger partial charge >= 0.3 is 11.9 Å². The van der Waals surface area contributed by atoms with Crippen LogP contribution >= 0.6 is 22.9 Å². The SMILES string of the molecule is Cc1c(C(=O)OC(C)C)sc2nc(Cl)nc(NCCC(=O)O)c12. The molecule has 124 valence electrons. The minimum Gasteiger partial charge on any atom is -0.481 e. The van der Waals surface area contributed by atoms with Gasteiger partial charge in [0, 0.05) is 6.54 Å². The monoisotopic (exact) mass is 357 g/mol. The molecule has 0 atom stereocenters. The number of thiophene rings is 1. The third-order valence-electron chi connectivity index (χ3n) is 2.92. The van der Waals surface area contributed by atoms with E-state index in [0.717, 1.165) is 0 Å². The van der Waals surface area contributed by atoms with Crippen molar-refractivity contribution >= 4 is 50.9 Å². The van der Waals surface area contributed by atoms with Gasteiger partial charge in [-0.15, -0.1) is 11.3 Å². The van der Waals surface area contributed by atoms with Crippen LogP contribution in [-0.4, -0.2) is 39.7 Å². The van der Waals surface area contributed by atoms with Crippen molar-refractivity contribution in [2.24, 2.45) is 0 Å². The summed E-state index contributed by atoms with van der Waals surface area (Å²) in [4.78, 5) is 32.0. The molecule has 0 saturated carbocycles. The summed E-state index contributed by atoms with van der Waals surface area (Å²) in [6, 6.07) is 0. The fourth-order valence-corrected chi connectivity index (χ4v) is 3.27. The zero-order valence-corrected chi connectivity index (χ0v) is 14.4. The van der Waals surface area contributed by atoms with Crippen LogP contribution in [0.1, 0.15) is 35.5 Å². The number of nitrogens with one attached hydrogen (secondary N) is 1. The van der Waals surface area contributed by atoms with Crippen LogP contribution in [0, 0.1) is 6.92 Å². The second kappa shape index (κ2) is 7.10. The number of fused-ring (bicyclic) bond motifs is 1. The highest BCUT2D eigenvalue weighted by Gasteiger charge is 2.22. The lowest BCUT2D eigenvalue weighted by molar-refractivity contribution is -0.136. The number of aliphatic carboxylic acids is 1. The lowest BCUT2D eigenvalue weighted by Crippen LogP contribution is -2.11. The van der Waals surface area contributed by atoms with Crippen molar-refractivity contribution in [2.45, 2.75) is 33.3 Å². The number of hydrogen-bond donors (Lipinski definition) is 2. The molecule has 2 rings (SSSR count). The second-order valence-corrected chi connectivity index (χ2v) is 6.44. The first kappa shape index (κ1) is 17.4. The molecule has 0 fully saturated rings. The molecule has 0 unspecified atom stereocenters. The number of anilines is 1. The number of rotatable bonds is 6. The Kier molecular flexibility index (Phi) is 5.38. The molecule has 0 aliphatic carbocycles. The van der Waals surface area contributed by atoms with E-state index in [-0.39, 0.29) is 24.4 Å². The van der Waals surface area contributed by atoms with Gasteiger partial charge in [-0.2, -0.15) is 0 Å². The number of aryl methyl sites for hydroxylation is 1. The van der Waals surface area contributed by atoms with Crippen molar-refractivity contribution in [3.8, 4) is 0 Å². The number of hydrogen-bond acceptors (Lipinski definition) is 7. The molecule has 0 amide bonds. The molecule has 7 nitrogen and oxygen atoms in total. The highest BCUT2D eigenvalue weighted by molar-refractivity contribution is 7.20. The van der Waals surface area contributed by atoms with Crippen molar-refractivity contribution in [2.75, 3.05) is 11.9 Å². The molecular formula is C14H16ClN3O4S. The third kappa shape index (κ3) is 4.08. The smallest absolute Gasteiger partial charge is 0.348 e. The van der Waals surface area contributed by atoms with Gasteiger partial charge in [0.25, 0.3) is 0 Å². The summed E-state index contributed by atoms with van der Waals surface area (Å²) < 4.78 is 5.22. The maximum Gasteiger partial charge on any atom is 0.348 e. The first-order valence-corrected chi connectivity index (χ1v) is 8.12. The number of esters is 1. The van der Waals surface area contributed by atoms with Crippen LogP contribution in [-0.2, 0) is 9.53 Å². The molecule has 0 aromatic carbocycles. The van der Waals surface area contributed by atoms with Crippen molar-refractivity contribution < 1.29 is 19.4 Å². The number of carboxylic acids is 1. The summed E-state index contributed by atoms with van der Waals surface area (Å²) >= 11 is 7.08. The average molecular weight is 358 g/mol. The molecule has 0 radical (unpaired) electrons. The van der Waals surface area contributed by atoms with Crippen LogP contribution in [0.15, 0.2) is 0 Å². The lowest BCUT2D eigenvalue weighted by atomic mass is 10.2. The third-order valence-corrected chi connectivity index (χ3v) is 4.26. The van der Waals surface area contributed by atoms with Crippen molar-refractivity contribution in [1.82, 2.24) is 9.97 Å². The number of halogens is 1. The summed E-state index contributed by atoms with van der Waals surface area (Å²) in [5.41, 5.74) is 0.685. The molecule has 0 saturated heterocycles. The summed E-state index contributed by atoms with van der Waals surface area (Å²) in [5.74, 6) is -0.927. The van der Waals surface area contributed by atoms with E-state index < -0.39 is 11.9 Å². The van der Waals surface area contributed by atoms with Gasteiger partial charge in [0.2, 0.25) is 5.28 Å². The number of aromatic nitrogens is 2. The molecule has 0 aliphatic rings. The first-order valence-electron chi connectivity index (χ1n) is 6.93. The predicted octanol–water partition coefficient (Wildman–Crippen LogP) is 3.10. The Balaban J connectivity index is 2.42. The van der Waals surface area contributed by atoms with E-state index in [0.29, 0.717) is 26.5 Å². The van der Waals surface area contributed by atoms with Gasteiger partial charge in [-0.3, -0.25) is 4.79 Å². The molecular weight excluding hydrogens is 342 g/mol. The van der Waals surface area contributed by atoms with E-state index in [9.17, 15) is 9.59 Å². The standard InChI is InChI=1S/C14H16ClN3O4S/c1-6(2)22-13(21)10-7(3)9-11(16-5-4-8(19)20)17-14(15)18-12(9)23-10/h6H,4-5H2,1-3H3,(H,19,20)(H,16,17,18). The molecule has 23 heavy (non-hydrogen) atoms. The molecule has 9 heteroatoms. The van der Waals surface area contributed by atoms with Crippen LogP contribution in [0.2, 0.25) is 5.28 Å². The maximum atomic E-state index is 12.2. The number of ether oxygens (including phenoxy) is 1. The van der Waals surface area contributed by atoms with Gasteiger partial charge in [0.1, 0.15) is 15.5 Å². The van der Waals surface area contributed by atoms with E-state index >= 15 is 0 Å². The van der Waals surface area contributed by atoms with Crippen LogP contribution < -0.4 is 5.32 Å². The Morgan fingerprint density at radius 1 is 1.39 bits per heavy atom. The zero-order valence-electron chi connectivity index (χ0n) is 12.8. The Labute approximate surface area is 141 Å². The van der Waals surface area contributed by atoms with Crippen LogP contribution in [0.4, 0.5) is 5.82 Å². The summed E-state index contributed by atoms with van der Waals surface area (Å²) in [6.45, 7) is 5.51. The highest BCUT2D eigenvalue weighted by Crippen LogP contribution is 2.35. The van der Waals surface area contributed by atoms with Gasteiger partial charge in [-0.25, -0.2) is 14.8 Å². The Bertz CT molecular complexity index is 760. The fraction of sp³-hybridized carbons (Fsp3) is 0.429. The molecule has 0 bridgehead atoms. The molecule has 2 N–H and O–H groups in total. The van der Waals surface area contributed by atoms with Crippen molar-refractivity contribution in [3.63, 3.8) is 0 Å². The Morgan fingerprint density at radius 3 is 2.70 bits per heavy atom. The summed E-state index contributed by atoms with van der Waals surface area (Å²) in [7, 11) is 0. The number of carbonyl (C=O) groups excluding carboxylic acids is 1. The number of carbonyl (C=O) groups is 2. The molecule has 2 aromatic heterocycles. The highest BCUT2D eigenvalue weighted by atomic mass is 35.5. The van der Waals surface area contributed by atoms with Gasteiger partial charge in [0.15, 0.2) is 0 Å². The molecule has 2 aromatic rings. The van der Waals surface area contributed by atoms with Crippen LogP contribution in [0.3, 0.4) is 0 Å². The Morgan fingerprint density at radius 2 is 2.09 bits per heavy atom. The van der Waals surface area contributed by atoms with Crippen molar-refractivity contribution in [1.29, 1.82) is 0 Å². The summed E-state index contributed by atoms with van der Waals surface area (Å²) in [5, 5.41) is 12.3. The number of nitrogens with zero attached hydrogens (tertiary/aromatic N) is 2. The predicted molar refractivity (Wildman–Crippen MR) is 88.5 cm³/mol. The van der Waals surface area contributed by atoms with E-state index in [4.69, 9.17) is 21.4 Å². The largest absolute Gasteiger partial charge is 0.481 e. The quantitative estimate of drug-likeness (QED) is 0.605. The van der Waals surface area contributed by atoms with E-state index in [1.54, 1.807) is 20.8 Å².